The van der Waals surface area contributed by atoms with Gasteiger partial charge in [0.05, 0.1) is 12.2 Å². The van der Waals surface area contributed by atoms with Crippen LogP contribution in [-0.4, -0.2) is 42.0 Å². The normalized spacial score (nSPS) is 21.5. The molecule has 0 bridgehead atoms. The van der Waals surface area contributed by atoms with Gasteiger partial charge >= 0.3 is 0 Å². The second kappa shape index (κ2) is 7.34. The van der Waals surface area contributed by atoms with Crippen LogP contribution in [0, 0.1) is 5.41 Å². The van der Waals surface area contributed by atoms with Gasteiger partial charge in [0.25, 0.3) is 5.91 Å². The lowest BCUT2D eigenvalue weighted by Gasteiger charge is -2.35. The zero-order valence-corrected chi connectivity index (χ0v) is 15.3. The number of benzene rings is 1. The number of nitrogens with one attached hydrogen (secondary N) is 1. The summed E-state index contributed by atoms with van der Waals surface area (Å²) in [5.74, 6) is 0.0428. The third-order valence-corrected chi connectivity index (χ3v) is 4.04. The molecule has 5 heteroatoms. The predicted octanol–water partition coefficient (Wildman–Crippen LogP) is 2.60. The third kappa shape index (κ3) is 4.81. The molecule has 0 saturated carbocycles. The molecule has 132 valence electrons. The first-order valence-corrected chi connectivity index (χ1v) is 8.49. The van der Waals surface area contributed by atoms with Gasteiger partial charge in [0.2, 0.25) is 5.91 Å². The van der Waals surface area contributed by atoms with E-state index in [2.05, 4.69) is 5.32 Å². The molecule has 24 heavy (non-hydrogen) atoms. The van der Waals surface area contributed by atoms with Crippen LogP contribution in [0.1, 0.15) is 50.5 Å². The van der Waals surface area contributed by atoms with Crippen molar-refractivity contribution < 1.29 is 14.3 Å². The molecule has 0 aliphatic carbocycles. The first-order chi connectivity index (χ1) is 11.2. The van der Waals surface area contributed by atoms with E-state index in [0.717, 1.165) is 5.56 Å². The summed E-state index contributed by atoms with van der Waals surface area (Å²) >= 11 is 0. The van der Waals surface area contributed by atoms with Gasteiger partial charge in [0.15, 0.2) is 0 Å². The minimum Gasteiger partial charge on any atom is -0.372 e. The van der Waals surface area contributed by atoms with Gasteiger partial charge in [0, 0.05) is 30.6 Å². The molecule has 0 spiro atoms. The highest BCUT2D eigenvalue weighted by molar-refractivity contribution is 5.94. The maximum absolute atomic E-state index is 12.6. The Bertz CT molecular complexity index is 580. The molecule has 2 amide bonds. The largest absolute Gasteiger partial charge is 0.372 e. The molecule has 1 aliphatic rings. The van der Waals surface area contributed by atoms with Gasteiger partial charge < -0.3 is 15.0 Å². The third-order valence-electron chi connectivity index (χ3n) is 4.04. The number of carbonyl (C=O) groups excluding carboxylic acids is 2. The van der Waals surface area contributed by atoms with E-state index in [0.29, 0.717) is 25.2 Å². The monoisotopic (exact) mass is 332 g/mol. The van der Waals surface area contributed by atoms with Gasteiger partial charge in [-0.25, -0.2) is 0 Å². The summed E-state index contributed by atoms with van der Waals surface area (Å²) in [7, 11) is 0. The highest BCUT2D eigenvalue weighted by Gasteiger charge is 2.26. The zero-order valence-electron chi connectivity index (χ0n) is 15.3. The van der Waals surface area contributed by atoms with Gasteiger partial charge in [0.1, 0.15) is 0 Å². The molecule has 1 saturated heterocycles. The number of amides is 2. The minimum atomic E-state index is -0.403. The Morgan fingerprint density at radius 2 is 1.67 bits per heavy atom. The summed E-state index contributed by atoms with van der Waals surface area (Å²) in [5.41, 5.74) is 1.25. The van der Waals surface area contributed by atoms with Crippen LogP contribution >= 0.6 is 0 Å². The summed E-state index contributed by atoms with van der Waals surface area (Å²) in [6, 6.07) is 7.43. The molecule has 0 aromatic heterocycles. The quantitative estimate of drug-likeness (QED) is 0.925. The molecule has 1 aliphatic heterocycles. The molecule has 5 nitrogen and oxygen atoms in total. The Kier molecular flexibility index (Phi) is 5.65. The lowest BCUT2D eigenvalue weighted by molar-refractivity contribution is -0.128. The zero-order chi connectivity index (χ0) is 17.9. The number of ether oxygens (including phenoxy) is 1. The highest BCUT2D eigenvalue weighted by atomic mass is 16.5. The molecule has 1 aromatic rings. The summed E-state index contributed by atoms with van der Waals surface area (Å²) < 4.78 is 5.67. The maximum atomic E-state index is 12.6. The van der Waals surface area contributed by atoms with Gasteiger partial charge in [-0.2, -0.15) is 0 Å². The average molecular weight is 332 g/mol. The van der Waals surface area contributed by atoms with Crippen LogP contribution in [-0.2, 0) is 16.1 Å². The molecule has 1 N–H and O–H groups in total. The first-order valence-electron chi connectivity index (χ1n) is 8.49. The molecule has 1 aromatic carbocycles. The number of rotatable bonds is 3. The van der Waals surface area contributed by atoms with Crippen LogP contribution in [0.3, 0.4) is 0 Å². The Balaban J connectivity index is 1.96. The first kappa shape index (κ1) is 18.5. The van der Waals surface area contributed by atoms with Crippen molar-refractivity contribution in [3.05, 3.63) is 35.4 Å². The van der Waals surface area contributed by atoms with E-state index in [1.165, 1.54) is 0 Å². The number of hydrogen-bond acceptors (Lipinski definition) is 3. The molecule has 2 atom stereocenters. The van der Waals surface area contributed by atoms with Crippen LogP contribution in [0.5, 0.6) is 0 Å². The predicted molar refractivity (Wildman–Crippen MR) is 93.7 cm³/mol. The van der Waals surface area contributed by atoms with Crippen molar-refractivity contribution in [2.24, 2.45) is 5.41 Å². The molecule has 0 radical (unpaired) electrons. The van der Waals surface area contributed by atoms with Crippen molar-refractivity contribution in [1.29, 1.82) is 0 Å². The van der Waals surface area contributed by atoms with Crippen LogP contribution in [0.2, 0.25) is 0 Å². The molecular weight excluding hydrogens is 304 g/mol. The summed E-state index contributed by atoms with van der Waals surface area (Å²) in [5, 5.41) is 2.91. The van der Waals surface area contributed by atoms with Crippen LogP contribution < -0.4 is 5.32 Å². The molecular formula is C19H28N2O3. The van der Waals surface area contributed by atoms with Crippen molar-refractivity contribution in [2.75, 3.05) is 13.1 Å². The number of hydrogen-bond donors (Lipinski definition) is 1. The van der Waals surface area contributed by atoms with E-state index < -0.39 is 5.41 Å². The van der Waals surface area contributed by atoms with Crippen LogP contribution in [0.4, 0.5) is 0 Å². The standard InChI is InChI=1S/C19H28N2O3/c1-13-11-21(12-14(2)24-13)17(22)16-8-6-15(7-9-16)10-20-18(23)19(3,4)5/h6-9,13-14H,10-12H2,1-5H3,(H,20,23)/t13-,14-/m1/s1. The molecule has 0 unspecified atom stereocenters. The fraction of sp³-hybridized carbons (Fsp3) is 0.579. The van der Waals surface area contributed by atoms with E-state index in [4.69, 9.17) is 4.74 Å². The van der Waals surface area contributed by atoms with Crippen molar-refractivity contribution in [3.8, 4) is 0 Å². The van der Waals surface area contributed by atoms with Gasteiger partial charge in [-0.15, -0.1) is 0 Å². The maximum Gasteiger partial charge on any atom is 0.254 e. The SMILES string of the molecule is C[C@@H]1CN(C(=O)c2ccc(CNC(=O)C(C)(C)C)cc2)C[C@@H](C)O1. The number of nitrogens with zero attached hydrogens (tertiary/aromatic N) is 1. The Morgan fingerprint density at radius 3 is 2.17 bits per heavy atom. The Morgan fingerprint density at radius 1 is 1.12 bits per heavy atom. The Hall–Kier alpha value is -1.88. The number of morpholine rings is 1. The lowest BCUT2D eigenvalue weighted by Crippen LogP contribution is -2.48. The van der Waals surface area contributed by atoms with Gasteiger partial charge in [-0.05, 0) is 31.5 Å². The van der Waals surface area contributed by atoms with E-state index in [1.54, 1.807) is 0 Å². The van der Waals surface area contributed by atoms with Crippen molar-refractivity contribution in [1.82, 2.24) is 10.2 Å². The van der Waals surface area contributed by atoms with E-state index in [1.807, 2.05) is 63.8 Å². The second-order valence-electron chi connectivity index (χ2n) is 7.60. The summed E-state index contributed by atoms with van der Waals surface area (Å²) in [4.78, 5) is 26.3. The summed E-state index contributed by atoms with van der Waals surface area (Å²) in [6.07, 6.45) is 0.120. The molecule has 1 fully saturated rings. The fourth-order valence-electron chi connectivity index (χ4n) is 2.74. The van der Waals surface area contributed by atoms with Crippen LogP contribution in [0.25, 0.3) is 0 Å². The topological polar surface area (TPSA) is 58.6 Å². The van der Waals surface area contributed by atoms with Crippen molar-refractivity contribution in [3.63, 3.8) is 0 Å². The Labute approximate surface area is 144 Å². The summed E-state index contributed by atoms with van der Waals surface area (Å²) in [6.45, 7) is 11.3. The van der Waals surface area contributed by atoms with Crippen molar-refractivity contribution in [2.45, 2.75) is 53.4 Å². The molecule has 1 heterocycles. The smallest absolute Gasteiger partial charge is 0.254 e. The van der Waals surface area contributed by atoms with E-state index >= 15 is 0 Å². The minimum absolute atomic E-state index is 0.0129. The van der Waals surface area contributed by atoms with E-state index in [9.17, 15) is 9.59 Å². The van der Waals surface area contributed by atoms with Crippen LogP contribution in [0.15, 0.2) is 24.3 Å². The van der Waals surface area contributed by atoms with E-state index in [-0.39, 0.29) is 24.0 Å². The van der Waals surface area contributed by atoms with Crippen molar-refractivity contribution >= 4 is 11.8 Å². The lowest BCUT2D eigenvalue weighted by atomic mass is 9.95. The number of carbonyl (C=O) groups is 2. The average Bonchev–Trinajstić information content (AvgIpc) is 2.50. The van der Waals surface area contributed by atoms with Gasteiger partial charge in [-0.3, -0.25) is 9.59 Å². The molecule has 2 rings (SSSR count). The van der Waals surface area contributed by atoms with Gasteiger partial charge in [-0.1, -0.05) is 32.9 Å². The second-order valence-corrected chi connectivity index (χ2v) is 7.60. The fourth-order valence-corrected chi connectivity index (χ4v) is 2.74. The highest BCUT2D eigenvalue weighted by Crippen LogP contribution is 2.16.